The molecule has 1 N–H and O–H groups in total. The molecule has 4 aliphatic carbocycles. The molecule has 124 valence electrons. The highest BCUT2D eigenvalue weighted by Crippen LogP contribution is 2.64. The molecule has 3 saturated carbocycles. The van der Waals surface area contributed by atoms with Crippen LogP contribution in [0.2, 0.25) is 0 Å². The summed E-state index contributed by atoms with van der Waals surface area (Å²) in [5.74, 6) is 2.06. The van der Waals surface area contributed by atoms with Gasteiger partial charge in [-0.15, -0.1) is 0 Å². The number of carbonyl (C=O) groups excluding carboxylic acids is 1. The van der Waals surface area contributed by atoms with E-state index < -0.39 is 5.60 Å². The molecule has 0 aromatic carbocycles. The second kappa shape index (κ2) is 4.87. The van der Waals surface area contributed by atoms with Crippen LogP contribution in [0.25, 0.3) is 5.53 Å². The van der Waals surface area contributed by atoms with Gasteiger partial charge in [0.15, 0.2) is 0 Å². The predicted octanol–water partition coefficient (Wildman–Crippen LogP) is 3.16. The van der Waals surface area contributed by atoms with Crippen molar-refractivity contribution >= 4 is 11.5 Å². The quantitative estimate of drug-likeness (QED) is 0.551. The fourth-order valence-electron chi connectivity index (χ4n) is 6.38. The van der Waals surface area contributed by atoms with Crippen molar-refractivity contribution < 1.29 is 14.7 Å². The van der Waals surface area contributed by atoms with Crippen molar-refractivity contribution in [3.8, 4) is 0 Å². The molecule has 0 amide bonds. The van der Waals surface area contributed by atoms with Crippen LogP contribution < -0.4 is 0 Å². The first kappa shape index (κ1) is 15.3. The maximum absolute atomic E-state index is 12.0. The molecule has 4 aliphatic rings. The Morgan fingerprint density at radius 3 is 2.74 bits per heavy atom. The lowest BCUT2D eigenvalue weighted by molar-refractivity contribution is -0.116. The van der Waals surface area contributed by atoms with Crippen LogP contribution in [0.3, 0.4) is 0 Å². The molecular weight excluding hydrogens is 288 g/mol. The summed E-state index contributed by atoms with van der Waals surface area (Å²) in [6, 6.07) is 0. The molecule has 0 aromatic heterocycles. The molecule has 3 unspecified atom stereocenters. The average molecular weight is 314 g/mol. The monoisotopic (exact) mass is 314 g/mol. The number of aliphatic hydroxyl groups is 1. The molecule has 0 radical (unpaired) electrons. The largest absolute Gasteiger partial charge is 0.390 e. The lowest BCUT2D eigenvalue weighted by Crippen LogP contribution is -2.51. The Hall–Kier alpha value is -1.25. The number of carbonyl (C=O) groups is 1. The van der Waals surface area contributed by atoms with Gasteiger partial charge in [-0.05, 0) is 80.6 Å². The Balaban J connectivity index is 1.67. The molecule has 0 aromatic rings. The van der Waals surface area contributed by atoms with Gasteiger partial charge in [0.05, 0.1) is 12.0 Å². The molecule has 4 heteroatoms. The highest BCUT2D eigenvalue weighted by molar-refractivity contribution is 6.42. The second-order valence-electron chi connectivity index (χ2n) is 8.68. The van der Waals surface area contributed by atoms with E-state index in [9.17, 15) is 9.90 Å². The molecule has 4 rings (SSSR count). The lowest BCUT2D eigenvalue weighted by atomic mass is 9.50. The summed E-state index contributed by atoms with van der Waals surface area (Å²) in [5, 5.41) is 10.9. The van der Waals surface area contributed by atoms with E-state index in [2.05, 4.69) is 11.7 Å². The number of allylic oxidation sites excluding steroid dienone is 1. The summed E-state index contributed by atoms with van der Waals surface area (Å²) in [6.45, 7) is 4.31. The van der Waals surface area contributed by atoms with Gasteiger partial charge in [0.25, 0.3) is 5.78 Å². The second-order valence-corrected chi connectivity index (χ2v) is 8.68. The van der Waals surface area contributed by atoms with Crippen LogP contribution in [0, 0.1) is 29.1 Å². The number of hydrogen-bond donors (Lipinski definition) is 1. The zero-order chi connectivity index (χ0) is 16.4. The standard InChI is InChI=1S/C19H26N2O2/c1-18-7-5-12-13(15(18)6-8-19(18,2)23)4-3-11-9-17(22)16(21-20)10-14(11)12/h9,12-15,23H,3-8,10H2,1-2H3/t12?,13?,14-,15?,18-,19-/m0/s1. The first-order valence-corrected chi connectivity index (χ1v) is 9.05. The predicted molar refractivity (Wildman–Crippen MR) is 86.7 cm³/mol. The van der Waals surface area contributed by atoms with Gasteiger partial charge in [0.1, 0.15) is 0 Å². The minimum absolute atomic E-state index is 0.0355. The average Bonchev–Trinajstić information content (AvgIpc) is 2.76. The van der Waals surface area contributed by atoms with Gasteiger partial charge in [0.2, 0.25) is 0 Å². The Labute approximate surface area is 137 Å². The van der Waals surface area contributed by atoms with Gasteiger partial charge < -0.3 is 10.6 Å². The minimum Gasteiger partial charge on any atom is -0.390 e. The van der Waals surface area contributed by atoms with E-state index in [0.29, 0.717) is 35.8 Å². The highest BCUT2D eigenvalue weighted by Gasteiger charge is 2.60. The first-order chi connectivity index (χ1) is 10.9. The fraction of sp³-hybridized carbons (Fsp3) is 0.789. The molecule has 0 heterocycles. The Morgan fingerprint density at radius 1 is 1.22 bits per heavy atom. The minimum atomic E-state index is -0.543. The van der Waals surface area contributed by atoms with Crippen LogP contribution in [-0.2, 0) is 4.79 Å². The highest BCUT2D eigenvalue weighted by atomic mass is 16.3. The van der Waals surface area contributed by atoms with E-state index in [1.807, 2.05) is 6.92 Å². The third-order valence-corrected chi connectivity index (χ3v) is 7.95. The molecule has 6 atom stereocenters. The normalized spacial score (nSPS) is 48.9. The van der Waals surface area contributed by atoms with Crippen molar-refractivity contribution in [2.45, 2.75) is 64.4 Å². The smallest absolute Gasteiger partial charge is 0.339 e. The van der Waals surface area contributed by atoms with Crippen molar-refractivity contribution in [2.75, 3.05) is 0 Å². The van der Waals surface area contributed by atoms with Crippen LogP contribution in [-0.4, -0.2) is 27.0 Å². The Kier molecular flexibility index (Phi) is 3.24. The maximum Gasteiger partial charge on any atom is 0.339 e. The number of nitrogens with zero attached hydrogens (tertiary/aromatic N) is 2. The summed E-state index contributed by atoms with van der Waals surface area (Å²) < 4.78 is 0. The maximum atomic E-state index is 12.0. The van der Waals surface area contributed by atoms with Crippen LogP contribution >= 0.6 is 0 Å². The molecule has 0 spiro atoms. The lowest BCUT2D eigenvalue weighted by Gasteiger charge is -2.54. The summed E-state index contributed by atoms with van der Waals surface area (Å²) in [7, 11) is 0. The molecule has 0 saturated heterocycles. The van der Waals surface area contributed by atoms with E-state index in [4.69, 9.17) is 5.53 Å². The van der Waals surface area contributed by atoms with Crippen LogP contribution in [0.15, 0.2) is 11.6 Å². The molecule has 23 heavy (non-hydrogen) atoms. The zero-order valence-electron chi connectivity index (χ0n) is 14.1. The summed E-state index contributed by atoms with van der Waals surface area (Å²) in [4.78, 5) is 15.2. The number of rotatable bonds is 0. The SMILES string of the molecule is C[C@]1(O)CCC2C3CCC4=CC(=O)C(=[N+]=[N-])C[C@@H]4C3CC[C@@]21C. The molecule has 3 fully saturated rings. The van der Waals surface area contributed by atoms with Gasteiger partial charge in [-0.25, -0.2) is 0 Å². The van der Waals surface area contributed by atoms with Crippen molar-refractivity contribution in [2.24, 2.45) is 29.1 Å². The van der Waals surface area contributed by atoms with E-state index in [-0.39, 0.29) is 11.2 Å². The van der Waals surface area contributed by atoms with Gasteiger partial charge in [-0.1, -0.05) is 12.5 Å². The Bertz CT molecular complexity index is 644. The number of fused-ring (bicyclic) bond motifs is 5. The molecule has 4 nitrogen and oxygen atoms in total. The fourth-order valence-corrected chi connectivity index (χ4v) is 6.38. The zero-order valence-corrected chi connectivity index (χ0v) is 14.1. The van der Waals surface area contributed by atoms with Crippen molar-refractivity contribution in [3.63, 3.8) is 0 Å². The number of hydrogen-bond acceptors (Lipinski definition) is 2. The Morgan fingerprint density at radius 2 is 2.00 bits per heavy atom. The van der Waals surface area contributed by atoms with Gasteiger partial charge in [0, 0.05) is 0 Å². The summed E-state index contributed by atoms with van der Waals surface area (Å²) in [6.07, 6.45) is 8.67. The van der Waals surface area contributed by atoms with Crippen LogP contribution in [0.1, 0.15) is 58.8 Å². The van der Waals surface area contributed by atoms with E-state index >= 15 is 0 Å². The first-order valence-electron chi connectivity index (χ1n) is 9.05. The summed E-state index contributed by atoms with van der Waals surface area (Å²) >= 11 is 0. The summed E-state index contributed by atoms with van der Waals surface area (Å²) in [5.41, 5.74) is 10.2. The van der Waals surface area contributed by atoms with Crippen molar-refractivity contribution in [1.29, 1.82) is 0 Å². The molecule has 0 bridgehead atoms. The topological polar surface area (TPSA) is 73.7 Å². The van der Waals surface area contributed by atoms with Gasteiger partial charge in [-0.3, -0.25) is 4.79 Å². The van der Waals surface area contributed by atoms with Crippen LogP contribution in [0.5, 0.6) is 0 Å². The van der Waals surface area contributed by atoms with Gasteiger partial charge >= 0.3 is 5.71 Å². The van der Waals surface area contributed by atoms with Crippen molar-refractivity contribution in [1.82, 2.24) is 0 Å². The van der Waals surface area contributed by atoms with Crippen LogP contribution in [0.4, 0.5) is 0 Å². The van der Waals surface area contributed by atoms with E-state index in [1.54, 1.807) is 6.08 Å². The third kappa shape index (κ3) is 1.98. The van der Waals surface area contributed by atoms with Gasteiger partial charge in [-0.2, -0.15) is 4.79 Å². The van der Waals surface area contributed by atoms with E-state index in [0.717, 1.165) is 38.5 Å². The van der Waals surface area contributed by atoms with E-state index in [1.165, 1.54) is 5.57 Å². The molecular formula is C19H26N2O2. The molecule has 0 aliphatic heterocycles. The van der Waals surface area contributed by atoms with Crippen molar-refractivity contribution in [3.05, 3.63) is 17.2 Å². The number of ketones is 1. The third-order valence-electron chi connectivity index (χ3n) is 7.95.